The van der Waals surface area contributed by atoms with Crippen molar-refractivity contribution in [2.75, 3.05) is 13.1 Å². The summed E-state index contributed by atoms with van der Waals surface area (Å²) in [5.74, 6) is 1.65. The summed E-state index contributed by atoms with van der Waals surface area (Å²) in [5.41, 5.74) is 2.94. The number of nitrogens with zero attached hydrogens (tertiary/aromatic N) is 1. The van der Waals surface area contributed by atoms with Gasteiger partial charge >= 0.3 is 0 Å². The second-order valence-electron chi connectivity index (χ2n) is 8.37. The molecule has 4 atom stereocenters. The molecule has 0 saturated carbocycles. The molecule has 132 valence electrons. The molecule has 4 rings (SSSR count). The van der Waals surface area contributed by atoms with Gasteiger partial charge in [-0.05, 0) is 59.8 Å². The summed E-state index contributed by atoms with van der Waals surface area (Å²) in [6, 6.07) is 19.6. The van der Waals surface area contributed by atoms with Gasteiger partial charge in [-0.15, -0.1) is 0 Å². The zero-order chi connectivity index (χ0) is 17.4. The summed E-state index contributed by atoms with van der Waals surface area (Å²) < 4.78 is 0. The maximum atomic E-state index is 9.93. The maximum absolute atomic E-state index is 9.93. The lowest BCUT2D eigenvalue weighted by Crippen LogP contribution is -2.55. The van der Waals surface area contributed by atoms with E-state index in [1.54, 1.807) is 6.07 Å². The first kappa shape index (κ1) is 16.7. The van der Waals surface area contributed by atoms with Crippen LogP contribution in [-0.4, -0.2) is 29.1 Å². The zero-order valence-corrected chi connectivity index (χ0v) is 15.4. The summed E-state index contributed by atoms with van der Waals surface area (Å²) >= 11 is 0. The number of phenolic OH excluding ortho intramolecular Hbond substituents is 1. The molecule has 2 aliphatic heterocycles. The number of phenols is 1. The molecule has 0 amide bonds. The lowest BCUT2D eigenvalue weighted by atomic mass is 9.64. The highest BCUT2D eigenvalue weighted by Gasteiger charge is 2.44. The molecule has 2 nitrogen and oxygen atoms in total. The Labute approximate surface area is 151 Å². The van der Waals surface area contributed by atoms with E-state index in [0.717, 1.165) is 6.54 Å². The molecule has 0 aliphatic carbocycles. The number of benzene rings is 2. The summed E-state index contributed by atoms with van der Waals surface area (Å²) in [6.07, 6.45) is 3.76. The van der Waals surface area contributed by atoms with Crippen molar-refractivity contribution in [1.82, 2.24) is 4.90 Å². The van der Waals surface area contributed by atoms with Crippen molar-refractivity contribution >= 4 is 0 Å². The molecule has 0 spiro atoms. The SMILES string of the molecule is C[C@H]1CN2C[C@H](c3ccccc3)CC[C@H]2CC1(C)c1cccc(O)c1. The Bertz CT molecular complexity index is 728. The van der Waals surface area contributed by atoms with Gasteiger partial charge in [0.2, 0.25) is 0 Å². The first-order valence-electron chi connectivity index (χ1n) is 9.65. The second-order valence-corrected chi connectivity index (χ2v) is 8.37. The third kappa shape index (κ3) is 3.08. The van der Waals surface area contributed by atoms with Crippen molar-refractivity contribution < 1.29 is 5.11 Å². The molecular formula is C23H29NO. The zero-order valence-electron chi connectivity index (χ0n) is 15.4. The Balaban J connectivity index is 1.53. The standard InChI is InChI=1S/C23H29NO/c1-17-15-24-16-19(18-7-4-3-5-8-18)11-12-21(24)14-23(17,2)20-9-6-10-22(25)13-20/h3-10,13,17,19,21,25H,11-12,14-16H2,1-2H3/t17-,19+,21-,23?/m0/s1. The first-order chi connectivity index (χ1) is 12.1. The average molecular weight is 335 g/mol. The van der Waals surface area contributed by atoms with Crippen molar-refractivity contribution in [2.24, 2.45) is 5.92 Å². The van der Waals surface area contributed by atoms with Crippen LogP contribution in [0.1, 0.15) is 50.2 Å². The molecule has 25 heavy (non-hydrogen) atoms. The Kier molecular flexibility index (Phi) is 4.33. The van der Waals surface area contributed by atoms with Crippen LogP contribution >= 0.6 is 0 Å². The van der Waals surface area contributed by atoms with Crippen molar-refractivity contribution in [3.05, 3.63) is 65.7 Å². The minimum absolute atomic E-state index is 0.152. The normalized spacial score (nSPS) is 33.0. The molecule has 2 saturated heterocycles. The van der Waals surface area contributed by atoms with Crippen molar-refractivity contribution in [1.29, 1.82) is 0 Å². The van der Waals surface area contributed by atoms with Gasteiger partial charge in [-0.2, -0.15) is 0 Å². The van der Waals surface area contributed by atoms with Gasteiger partial charge in [0, 0.05) is 19.1 Å². The Morgan fingerprint density at radius 2 is 1.80 bits per heavy atom. The van der Waals surface area contributed by atoms with Gasteiger partial charge in [0.05, 0.1) is 0 Å². The van der Waals surface area contributed by atoms with Gasteiger partial charge in [0.15, 0.2) is 0 Å². The Hall–Kier alpha value is -1.80. The molecule has 1 unspecified atom stereocenters. The quantitative estimate of drug-likeness (QED) is 0.840. The van der Waals surface area contributed by atoms with Crippen LogP contribution in [0.5, 0.6) is 5.75 Å². The third-order valence-corrected chi connectivity index (χ3v) is 6.85. The van der Waals surface area contributed by atoms with Crippen molar-refractivity contribution in [3.63, 3.8) is 0 Å². The van der Waals surface area contributed by atoms with E-state index in [4.69, 9.17) is 0 Å². The van der Waals surface area contributed by atoms with Gasteiger partial charge in [-0.1, -0.05) is 56.3 Å². The summed E-state index contributed by atoms with van der Waals surface area (Å²) in [4.78, 5) is 2.73. The number of piperidine rings is 2. The molecule has 0 aromatic heterocycles. The fourth-order valence-electron chi connectivity index (χ4n) is 5.06. The van der Waals surface area contributed by atoms with Crippen LogP contribution in [0, 0.1) is 5.92 Å². The van der Waals surface area contributed by atoms with E-state index in [-0.39, 0.29) is 5.41 Å². The third-order valence-electron chi connectivity index (χ3n) is 6.85. The van der Waals surface area contributed by atoms with Crippen molar-refractivity contribution in [2.45, 2.75) is 50.5 Å². The Morgan fingerprint density at radius 1 is 1.00 bits per heavy atom. The summed E-state index contributed by atoms with van der Waals surface area (Å²) in [7, 11) is 0. The molecule has 0 radical (unpaired) electrons. The fourth-order valence-corrected chi connectivity index (χ4v) is 5.06. The molecule has 2 aromatic rings. The van der Waals surface area contributed by atoms with E-state index in [1.807, 2.05) is 12.1 Å². The molecule has 2 aliphatic rings. The topological polar surface area (TPSA) is 23.5 Å². The second kappa shape index (κ2) is 6.49. The van der Waals surface area contributed by atoms with E-state index in [1.165, 1.54) is 36.9 Å². The number of rotatable bonds is 2. The van der Waals surface area contributed by atoms with Crippen LogP contribution in [0.15, 0.2) is 54.6 Å². The molecule has 2 heterocycles. The maximum Gasteiger partial charge on any atom is 0.115 e. The highest BCUT2D eigenvalue weighted by atomic mass is 16.3. The van der Waals surface area contributed by atoms with Crippen molar-refractivity contribution in [3.8, 4) is 5.75 Å². The predicted molar refractivity (Wildman–Crippen MR) is 103 cm³/mol. The minimum atomic E-state index is 0.152. The van der Waals surface area contributed by atoms with Gasteiger partial charge < -0.3 is 5.11 Å². The predicted octanol–water partition coefficient (Wildman–Crippen LogP) is 4.94. The lowest BCUT2D eigenvalue weighted by Gasteiger charge is -2.52. The van der Waals surface area contributed by atoms with E-state index in [2.05, 4.69) is 55.1 Å². The van der Waals surface area contributed by atoms with E-state index in [9.17, 15) is 5.11 Å². The molecule has 2 heteroatoms. The average Bonchev–Trinajstić information content (AvgIpc) is 2.63. The highest BCUT2D eigenvalue weighted by Crippen LogP contribution is 2.46. The molecule has 1 N–H and O–H groups in total. The van der Waals surface area contributed by atoms with Gasteiger partial charge in [-0.25, -0.2) is 0 Å². The number of hydrogen-bond donors (Lipinski definition) is 1. The van der Waals surface area contributed by atoms with Crippen LogP contribution in [0.2, 0.25) is 0 Å². The highest BCUT2D eigenvalue weighted by molar-refractivity contribution is 5.34. The molecule has 2 aromatic carbocycles. The van der Waals surface area contributed by atoms with Gasteiger partial charge in [-0.3, -0.25) is 4.90 Å². The van der Waals surface area contributed by atoms with Gasteiger partial charge in [0.1, 0.15) is 5.75 Å². The first-order valence-corrected chi connectivity index (χ1v) is 9.65. The fraction of sp³-hybridized carbons (Fsp3) is 0.478. The largest absolute Gasteiger partial charge is 0.508 e. The van der Waals surface area contributed by atoms with Gasteiger partial charge in [0.25, 0.3) is 0 Å². The van der Waals surface area contributed by atoms with E-state index in [0.29, 0.717) is 23.6 Å². The van der Waals surface area contributed by atoms with Crippen LogP contribution in [-0.2, 0) is 5.41 Å². The van der Waals surface area contributed by atoms with E-state index >= 15 is 0 Å². The lowest BCUT2D eigenvalue weighted by molar-refractivity contribution is 0.0233. The number of aromatic hydroxyl groups is 1. The minimum Gasteiger partial charge on any atom is -0.508 e. The van der Waals surface area contributed by atoms with E-state index < -0.39 is 0 Å². The molecular weight excluding hydrogens is 306 g/mol. The Morgan fingerprint density at radius 3 is 2.56 bits per heavy atom. The molecule has 2 fully saturated rings. The van der Waals surface area contributed by atoms with Crippen LogP contribution in [0.3, 0.4) is 0 Å². The van der Waals surface area contributed by atoms with Crippen LogP contribution in [0.4, 0.5) is 0 Å². The molecule has 0 bridgehead atoms. The number of fused-ring (bicyclic) bond motifs is 1. The summed E-state index contributed by atoms with van der Waals surface area (Å²) in [5, 5.41) is 9.93. The monoisotopic (exact) mass is 335 g/mol. The summed E-state index contributed by atoms with van der Waals surface area (Å²) in [6.45, 7) is 7.12. The number of hydrogen-bond acceptors (Lipinski definition) is 2. The smallest absolute Gasteiger partial charge is 0.115 e. The van der Waals surface area contributed by atoms with Crippen LogP contribution in [0.25, 0.3) is 0 Å². The van der Waals surface area contributed by atoms with Crippen LogP contribution < -0.4 is 0 Å².